The average molecular weight is 345 g/mol. The first-order chi connectivity index (χ1) is 12.8. The highest BCUT2D eigenvalue weighted by molar-refractivity contribution is 6.13. The lowest BCUT2D eigenvalue weighted by atomic mass is 10.0. The van der Waals surface area contributed by atoms with Crippen LogP contribution in [0.4, 0.5) is 0 Å². The molecule has 0 saturated heterocycles. The molecule has 0 aliphatic rings. The van der Waals surface area contributed by atoms with Gasteiger partial charge in [0.25, 0.3) is 5.91 Å². The maximum Gasteiger partial charge on any atom is 0.271 e. The third-order valence-corrected chi connectivity index (χ3v) is 3.70. The highest BCUT2D eigenvalue weighted by Crippen LogP contribution is 2.13. The van der Waals surface area contributed by atoms with E-state index in [4.69, 9.17) is 4.74 Å². The second-order valence-corrected chi connectivity index (χ2v) is 5.46. The minimum Gasteiger partial charge on any atom is -0.494 e. The van der Waals surface area contributed by atoms with Gasteiger partial charge in [0.1, 0.15) is 5.75 Å². The molecule has 1 N–H and O–H groups in total. The lowest BCUT2D eigenvalue weighted by Gasteiger charge is -2.08. The fourth-order valence-electron chi connectivity index (χ4n) is 2.44. The Morgan fingerprint density at radius 2 is 1.58 bits per heavy atom. The van der Waals surface area contributed by atoms with Crippen molar-refractivity contribution < 1.29 is 9.53 Å². The molecule has 0 bridgehead atoms. The second-order valence-electron chi connectivity index (χ2n) is 5.46. The zero-order chi connectivity index (χ0) is 18.2. The van der Waals surface area contributed by atoms with Crippen LogP contribution >= 0.6 is 0 Å². The molecule has 26 heavy (non-hydrogen) atoms. The summed E-state index contributed by atoms with van der Waals surface area (Å²) in [4.78, 5) is 16.4. The quantitative estimate of drug-likeness (QED) is 0.548. The highest BCUT2D eigenvalue weighted by Gasteiger charge is 2.09. The van der Waals surface area contributed by atoms with Crippen molar-refractivity contribution in [1.82, 2.24) is 10.4 Å². The van der Waals surface area contributed by atoms with E-state index in [1.54, 1.807) is 36.7 Å². The molecule has 0 aliphatic carbocycles. The van der Waals surface area contributed by atoms with Crippen molar-refractivity contribution in [2.24, 2.45) is 5.10 Å². The van der Waals surface area contributed by atoms with Gasteiger partial charge in [-0.25, -0.2) is 5.43 Å². The molecule has 3 aromatic rings. The fraction of sp³-hybridized carbons (Fsp3) is 0.0952. The van der Waals surface area contributed by atoms with E-state index in [9.17, 15) is 4.79 Å². The van der Waals surface area contributed by atoms with E-state index < -0.39 is 0 Å². The van der Waals surface area contributed by atoms with Crippen molar-refractivity contribution in [3.63, 3.8) is 0 Å². The zero-order valence-corrected chi connectivity index (χ0v) is 14.4. The van der Waals surface area contributed by atoms with Gasteiger partial charge in [0.05, 0.1) is 12.3 Å². The Kier molecular flexibility index (Phi) is 5.72. The number of amides is 1. The van der Waals surface area contributed by atoms with Crippen molar-refractivity contribution in [3.05, 3.63) is 95.8 Å². The number of hydrogen-bond donors (Lipinski definition) is 1. The van der Waals surface area contributed by atoms with Crippen LogP contribution in [-0.2, 0) is 0 Å². The molecule has 0 radical (unpaired) electrons. The normalized spacial score (nSPS) is 11.0. The Morgan fingerprint density at radius 3 is 2.23 bits per heavy atom. The van der Waals surface area contributed by atoms with Crippen molar-refractivity contribution >= 4 is 11.6 Å². The van der Waals surface area contributed by atoms with Gasteiger partial charge in [-0.1, -0.05) is 30.3 Å². The van der Waals surface area contributed by atoms with E-state index in [-0.39, 0.29) is 5.91 Å². The summed E-state index contributed by atoms with van der Waals surface area (Å²) in [5.41, 5.74) is 5.60. The van der Waals surface area contributed by atoms with Crippen LogP contribution in [0.1, 0.15) is 28.4 Å². The van der Waals surface area contributed by atoms with Gasteiger partial charge in [-0.3, -0.25) is 9.78 Å². The number of carbonyl (C=O) groups excluding carboxylic acids is 1. The topological polar surface area (TPSA) is 63.6 Å². The number of hydrogen-bond acceptors (Lipinski definition) is 4. The Balaban J connectivity index is 1.83. The Morgan fingerprint density at radius 1 is 0.923 bits per heavy atom. The third kappa shape index (κ3) is 4.33. The minimum atomic E-state index is -0.282. The van der Waals surface area contributed by atoms with Crippen LogP contribution < -0.4 is 10.2 Å². The number of benzene rings is 2. The van der Waals surface area contributed by atoms with Gasteiger partial charge in [-0.05, 0) is 43.3 Å². The van der Waals surface area contributed by atoms with Gasteiger partial charge in [-0.2, -0.15) is 5.10 Å². The predicted octanol–water partition coefficient (Wildman–Crippen LogP) is 3.66. The van der Waals surface area contributed by atoms with Gasteiger partial charge in [0.15, 0.2) is 0 Å². The summed E-state index contributed by atoms with van der Waals surface area (Å²) in [5, 5.41) is 4.36. The smallest absolute Gasteiger partial charge is 0.271 e. The van der Waals surface area contributed by atoms with Gasteiger partial charge < -0.3 is 4.74 Å². The van der Waals surface area contributed by atoms with Crippen molar-refractivity contribution in [1.29, 1.82) is 0 Å². The zero-order valence-electron chi connectivity index (χ0n) is 14.4. The lowest BCUT2D eigenvalue weighted by molar-refractivity contribution is 0.0955. The van der Waals surface area contributed by atoms with Crippen molar-refractivity contribution in [2.45, 2.75) is 6.92 Å². The third-order valence-electron chi connectivity index (χ3n) is 3.70. The molecule has 0 unspecified atom stereocenters. The predicted molar refractivity (Wildman–Crippen MR) is 101 cm³/mol. The van der Waals surface area contributed by atoms with Gasteiger partial charge in [0.2, 0.25) is 0 Å². The molecule has 1 heterocycles. The number of hydrazone groups is 1. The van der Waals surface area contributed by atoms with Crippen LogP contribution in [-0.4, -0.2) is 23.2 Å². The highest BCUT2D eigenvalue weighted by atomic mass is 16.5. The molecular weight excluding hydrogens is 326 g/mol. The first-order valence-corrected chi connectivity index (χ1v) is 8.34. The summed E-state index contributed by atoms with van der Waals surface area (Å²) in [6.45, 7) is 2.50. The van der Waals surface area contributed by atoms with E-state index in [0.29, 0.717) is 17.9 Å². The molecule has 1 aromatic heterocycles. The first kappa shape index (κ1) is 17.4. The molecule has 0 fully saturated rings. The summed E-state index contributed by atoms with van der Waals surface area (Å²) in [6.07, 6.45) is 3.39. The van der Waals surface area contributed by atoms with Gasteiger partial charge in [-0.15, -0.1) is 0 Å². The van der Waals surface area contributed by atoms with Gasteiger partial charge >= 0.3 is 0 Å². The number of pyridine rings is 1. The molecule has 0 atom stereocenters. The lowest BCUT2D eigenvalue weighted by Crippen LogP contribution is -2.20. The molecule has 0 saturated carbocycles. The minimum absolute atomic E-state index is 0.282. The second kappa shape index (κ2) is 8.58. The number of nitrogens with zero attached hydrogens (tertiary/aromatic N) is 2. The molecule has 0 aliphatic heterocycles. The Bertz CT molecular complexity index is 835. The average Bonchev–Trinajstić information content (AvgIpc) is 2.70. The molecule has 1 amide bonds. The monoisotopic (exact) mass is 345 g/mol. The van der Waals surface area contributed by atoms with E-state index in [1.165, 1.54) is 0 Å². The Labute approximate surface area is 152 Å². The number of aromatic nitrogens is 1. The van der Waals surface area contributed by atoms with Crippen molar-refractivity contribution in [3.8, 4) is 5.75 Å². The number of rotatable bonds is 6. The van der Waals surface area contributed by atoms with E-state index in [1.807, 2.05) is 49.4 Å². The van der Waals surface area contributed by atoms with Crippen LogP contribution in [0.5, 0.6) is 5.75 Å². The van der Waals surface area contributed by atoms with Crippen LogP contribution in [0.25, 0.3) is 0 Å². The maximum atomic E-state index is 12.4. The van der Waals surface area contributed by atoms with E-state index in [0.717, 1.165) is 16.9 Å². The molecule has 3 rings (SSSR count). The van der Waals surface area contributed by atoms with Crippen molar-refractivity contribution in [2.75, 3.05) is 6.61 Å². The SMILES string of the molecule is CCOc1ccc(C(=O)NN=C(c2ccccc2)c2ccncc2)cc1. The van der Waals surface area contributed by atoms with Crippen LogP contribution in [0.2, 0.25) is 0 Å². The molecule has 2 aromatic carbocycles. The van der Waals surface area contributed by atoms with Gasteiger partial charge in [0, 0.05) is 29.1 Å². The number of nitrogens with one attached hydrogen (secondary N) is 1. The molecule has 130 valence electrons. The van der Waals surface area contributed by atoms with Crippen LogP contribution in [0.3, 0.4) is 0 Å². The van der Waals surface area contributed by atoms with Crippen LogP contribution in [0, 0.1) is 0 Å². The molecular formula is C21H19N3O2. The standard InChI is InChI=1S/C21H19N3O2/c1-2-26-19-10-8-18(9-11-19)21(25)24-23-20(16-6-4-3-5-7-16)17-12-14-22-15-13-17/h3-15H,2H2,1H3,(H,24,25). The first-order valence-electron chi connectivity index (χ1n) is 8.34. The summed E-state index contributed by atoms with van der Waals surface area (Å²) < 4.78 is 5.39. The van der Waals surface area contributed by atoms with E-state index in [2.05, 4.69) is 15.5 Å². The fourth-order valence-corrected chi connectivity index (χ4v) is 2.44. The number of carbonyl (C=O) groups is 1. The summed E-state index contributed by atoms with van der Waals surface area (Å²) in [5.74, 6) is 0.449. The maximum absolute atomic E-state index is 12.4. The molecule has 5 heteroatoms. The Hall–Kier alpha value is -3.47. The molecule has 5 nitrogen and oxygen atoms in total. The number of ether oxygens (including phenoxy) is 1. The van der Waals surface area contributed by atoms with E-state index >= 15 is 0 Å². The summed E-state index contributed by atoms with van der Waals surface area (Å²) in [6, 6.07) is 20.4. The summed E-state index contributed by atoms with van der Waals surface area (Å²) in [7, 11) is 0. The molecule has 0 spiro atoms. The summed E-state index contributed by atoms with van der Waals surface area (Å²) >= 11 is 0. The largest absolute Gasteiger partial charge is 0.494 e. The van der Waals surface area contributed by atoms with Crippen LogP contribution in [0.15, 0.2) is 84.2 Å².